The van der Waals surface area contributed by atoms with Crippen molar-refractivity contribution in [3.8, 4) is 11.3 Å². The topological polar surface area (TPSA) is 40.7 Å². The molecule has 2 heterocycles. The molecule has 0 atom stereocenters. The third-order valence-electron chi connectivity index (χ3n) is 5.16. The van der Waals surface area contributed by atoms with Gasteiger partial charge in [-0.25, -0.2) is 0 Å². The summed E-state index contributed by atoms with van der Waals surface area (Å²) in [6.45, 7) is 6.22. The van der Waals surface area contributed by atoms with Crippen LogP contribution < -0.4 is 5.32 Å². The minimum absolute atomic E-state index is 0.943. The van der Waals surface area contributed by atoms with Gasteiger partial charge in [0.05, 0.1) is 0 Å². The number of benzene rings is 2. The maximum absolute atomic E-state index is 4.39. The molecule has 3 nitrogen and oxygen atoms in total. The van der Waals surface area contributed by atoms with E-state index in [1.807, 2.05) is 18.3 Å². The summed E-state index contributed by atoms with van der Waals surface area (Å²) < 4.78 is 0. The second kappa shape index (κ2) is 8.41. The van der Waals surface area contributed by atoms with Crippen molar-refractivity contribution >= 4 is 10.9 Å². The number of aryl methyl sites for hydroxylation is 2. The van der Waals surface area contributed by atoms with Crippen molar-refractivity contribution in [3.05, 3.63) is 89.2 Å². The van der Waals surface area contributed by atoms with Crippen LogP contribution in [0.2, 0.25) is 0 Å². The second-order valence-corrected chi connectivity index (χ2v) is 7.47. The van der Waals surface area contributed by atoms with Gasteiger partial charge in [-0.05, 0) is 68.3 Å². The van der Waals surface area contributed by atoms with Crippen LogP contribution in [0.5, 0.6) is 0 Å². The first-order valence-electron chi connectivity index (χ1n) is 9.99. The zero-order chi connectivity index (χ0) is 19.3. The molecule has 0 spiro atoms. The van der Waals surface area contributed by atoms with Crippen LogP contribution in [0.25, 0.3) is 22.2 Å². The predicted octanol–water partition coefficient (Wildman–Crippen LogP) is 5.22. The predicted molar refractivity (Wildman–Crippen MR) is 118 cm³/mol. The molecular formula is C25H27N3. The van der Waals surface area contributed by atoms with Crippen molar-refractivity contribution in [2.24, 2.45) is 0 Å². The number of nitrogens with one attached hydrogen (secondary N) is 2. The molecule has 3 heteroatoms. The van der Waals surface area contributed by atoms with E-state index in [1.165, 1.54) is 38.9 Å². The molecule has 0 aliphatic carbocycles. The summed E-state index contributed by atoms with van der Waals surface area (Å²) in [6.07, 6.45) is 3.81. The van der Waals surface area contributed by atoms with Crippen molar-refractivity contribution in [2.45, 2.75) is 26.7 Å². The molecule has 0 aliphatic rings. The van der Waals surface area contributed by atoms with Gasteiger partial charge in [-0.1, -0.05) is 41.5 Å². The monoisotopic (exact) mass is 369 g/mol. The van der Waals surface area contributed by atoms with Gasteiger partial charge in [-0.3, -0.25) is 4.98 Å². The van der Waals surface area contributed by atoms with Gasteiger partial charge in [-0.2, -0.15) is 0 Å². The third kappa shape index (κ3) is 4.15. The maximum Gasteiger partial charge on any atom is 0.0498 e. The summed E-state index contributed by atoms with van der Waals surface area (Å²) in [5.41, 5.74) is 8.86. The van der Waals surface area contributed by atoms with Crippen LogP contribution in [-0.4, -0.2) is 23.1 Å². The van der Waals surface area contributed by atoms with E-state index < -0.39 is 0 Å². The summed E-state index contributed by atoms with van der Waals surface area (Å²) in [4.78, 5) is 8.06. The molecule has 0 saturated carbocycles. The van der Waals surface area contributed by atoms with E-state index in [0.717, 1.165) is 31.6 Å². The second-order valence-electron chi connectivity index (χ2n) is 7.47. The molecule has 0 aliphatic heterocycles. The highest BCUT2D eigenvalue weighted by Gasteiger charge is 2.13. The van der Waals surface area contributed by atoms with Crippen molar-refractivity contribution in [2.75, 3.05) is 13.1 Å². The third-order valence-corrected chi connectivity index (χ3v) is 5.16. The number of hydrogen-bond donors (Lipinski definition) is 2. The molecule has 0 bridgehead atoms. The van der Waals surface area contributed by atoms with Crippen molar-refractivity contribution < 1.29 is 0 Å². The van der Waals surface area contributed by atoms with Gasteiger partial charge in [0.1, 0.15) is 0 Å². The Labute approximate surface area is 166 Å². The van der Waals surface area contributed by atoms with Gasteiger partial charge in [0.15, 0.2) is 0 Å². The van der Waals surface area contributed by atoms with Crippen LogP contribution in [0, 0.1) is 13.8 Å². The van der Waals surface area contributed by atoms with Crippen molar-refractivity contribution in [1.82, 2.24) is 15.3 Å². The molecular weight excluding hydrogens is 342 g/mol. The van der Waals surface area contributed by atoms with Gasteiger partial charge in [0.2, 0.25) is 0 Å². The molecule has 0 saturated heterocycles. The van der Waals surface area contributed by atoms with E-state index in [1.54, 1.807) is 0 Å². The normalized spacial score (nSPS) is 11.2. The standard InChI is InChI=1S/C25H27N3/c1-18-15-19(2)17-20(16-18)25-23(22-8-3-4-9-24(22)28-25)11-14-26-13-10-21-7-5-6-12-27-21/h3-9,12,15-17,26,28H,10-11,13-14H2,1-2H3. The number of para-hydroxylation sites is 1. The molecule has 0 amide bonds. The molecule has 28 heavy (non-hydrogen) atoms. The van der Waals surface area contributed by atoms with Crippen LogP contribution in [0.4, 0.5) is 0 Å². The Morgan fingerprint density at radius 2 is 1.61 bits per heavy atom. The van der Waals surface area contributed by atoms with Crippen LogP contribution in [0.3, 0.4) is 0 Å². The number of H-pyrrole nitrogens is 1. The number of rotatable bonds is 7. The van der Waals surface area contributed by atoms with Gasteiger partial charge < -0.3 is 10.3 Å². The summed E-state index contributed by atoms with van der Waals surface area (Å²) >= 11 is 0. The largest absolute Gasteiger partial charge is 0.354 e. The Balaban J connectivity index is 1.52. The summed E-state index contributed by atoms with van der Waals surface area (Å²) in [7, 11) is 0. The Morgan fingerprint density at radius 3 is 2.39 bits per heavy atom. The fourth-order valence-electron chi connectivity index (χ4n) is 3.93. The molecule has 2 aromatic carbocycles. The van der Waals surface area contributed by atoms with Gasteiger partial charge >= 0.3 is 0 Å². The Hall–Kier alpha value is -2.91. The summed E-state index contributed by atoms with van der Waals surface area (Å²) in [5, 5.41) is 4.91. The summed E-state index contributed by atoms with van der Waals surface area (Å²) in [5.74, 6) is 0. The molecule has 4 rings (SSSR count). The lowest BCUT2D eigenvalue weighted by molar-refractivity contribution is 0.677. The van der Waals surface area contributed by atoms with E-state index >= 15 is 0 Å². The van der Waals surface area contributed by atoms with Crippen molar-refractivity contribution in [3.63, 3.8) is 0 Å². The molecule has 0 fully saturated rings. The molecule has 0 radical (unpaired) electrons. The van der Waals surface area contributed by atoms with Crippen LogP contribution in [0.15, 0.2) is 66.9 Å². The number of fused-ring (bicyclic) bond motifs is 1. The zero-order valence-electron chi connectivity index (χ0n) is 16.6. The number of aromatic nitrogens is 2. The van der Waals surface area contributed by atoms with E-state index in [0.29, 0.717) is 0 Å². The Bertz CT molecular complexity index is 1040. The van der Waals surface area contributed by atoms with E-state index in [4.69, 9.17) is 0 Å². The van der Waals surface area contributed by atoms with E-state index in [9.17, 15) is 0 Å². The fourth-order valence-corrected chi connectivity index (χ4v) is 3.93. The summed E-state index contributed by atoms with van der Waals surface area (Å²) in [6, 6.07) is 21.5. The molecule has 0 unspecified atom stereocenters. The highest BCUT2D eigenvalue weighted by Crippen LogP contribution is 2.31. The van der Waals surface area contributed by atoms with Gasteiger partial charge in [0.25, 0.3) is 0 Å². The molecule has 2 N–H and O–H groups in total. The average molecular weight is 370 g/mol. The Morgan fingerprint density at radius 1 is 0.857 bits per heavy atom. The minimum atomic E-state index is 0.943. The smallest absolute Gasteiger partial charge is 0.0498 e. The first-order chi connectivity index (χ1) is 13.7. The lowest BCUT2D eigenvalue weighted by Gasteiger charge is -2.09. The number of nitrogens with zero attached hydrogens (tertiary/aromatic N) is 1. The fraction of sp³-hybridized carbons (Fsp3) is 0.240. The number of aromatic amines is 1. The van der Waals surface area contributed by atoms with Gasteiger partial charge in [-0.15, -0.1) is 0 Å². The lowest BCUT2D eigenvalue weighted by Crippen LogP contribution is -2.20. The van der Waals surface area contributed by atoms with Crippen LogP contribution in [0.1, 0.15) is 22.4 Å². The minimum Gasteiger partial charge on any atom is -0.354 e. The number of pyridine rings is 1. The highest BCUT2D eigenvalue weighted by atomic mass is 14.9. The maximum atomic E-state index is 4.39. The molecule has 142 valence electrons. The highest BCUT2D eigenvalue weighted by molar-refractivity contribution is 5.91. The number of hydrogen-bond acceptors (Lipinski definition) is 2. The first kappa shape index (κ1) is 18.5. The Kier molecular flexibility index (Phi) is 5.54. The van der Waals surface area contributed by atoms with Crippen LogP contribution >= 0.6 is 0 Å². The van der Waals surface area contributed by atoms with E-state index in [-0.39, 0.29) is 0 Å². The quantitative estimate of drug-likeness (QED) is 0.438. The molecule has 2 aromatic heterocycles. The van der Waals surface area contributed by atoms with Gasteiger partial charge in [0, 0.05) is 41.5 Å². The van der Waals surface area contributed by atoms with Crippen LogP contribution in [-0.2, 0) is 12.8 Å². The SMILES string of the molecule is Cc1cc(C)cc(-c2[nH]c3ccccc3c2CCNCCc2ccccn2)c1. The lowest BCUT2D eigenvalue weighted by atomic mass is 9.99. The average Bonchev–Trinajstić information content (AvgIpc) is 3.07. The zero-order valence-corrected chi connectivity index (χ0v) is 16.6. The van der Waals surface area contributed by atoms with E-state index in [2.05, 4.69) is 77.7 Å². The van der Waals surface area contributed by atoms with Crippen molar-refractivity contribution in [1.29, 1.82) is 0 Å². The first-order valence-corrected chi connectivity index (χ1v) is 9.99. The molecule has 4 aromatic rings.